The molecule has 2 heterocycles. The molecule has 9 nitrogen and oxygen atoms in total. The van der Waals surface area contributed by atoms with Crippen molar-refractivity contribution in [1.29, 1.82) is 0 Å². The van der Waals surface area contributed by atoms with Crippen molar-refractivity contribution < 1.29 is 19.2 Å². The molecule has 0 unspecified atom stereocenters. The van der Waals surface area contributed by atoms with Crippen LogP contribution in [0, 0.1) is 5.92 Å². The van der Waals surface area contributed by atoms with Crippen LogP contribution in [-0.2, 0) is 19.2 Å². The van der Waals surface area contributed by atoms with Crippen LogP contribution in [-0.4, -0.2) is 77.7 Å². The molecule has 3 aliphatic rings. The third-order valence-corrected chi connectivity index (χ3v) is 9.48. The fraction of sp³-hybridized carbons (Fsp3) is 0.529. The van der Waals surface area contributed by atoms with Crippen LogP contribution in [0.3, 0.4) is 0 Å². The third-order valence-electron chi connectivity index (χ3n) is 9.48. The highest BCUT2D eigenvalue weighted by atomic mass is 16.2. The Bertz CT molecular complexity index is 1230. The lowest BCUT2D eigenvalue weighted by molar-refractivity contribution is -0.147. The summed E-state index contributed by atoms with van der Waals surface area (Å²) in [6.07, 6.45) is 6.75. The monoisotopic (exact) mass is 587 g/mol. The van der Waals surface area contributed by atoms with Crippen molar-refractivity contribution in [3.8, 4) is 0 Å². The molecule has 4 atom stereocenters. The van der Waals surface area contributed by atoms with E-state index in [9.17, 15) is 19.2 Å². The molecule has 2 aromatic carbocycles. The van der Waals surface area contributed by atoms with Crippen molar-refractivity contribution >= 4 is 23.6 Å². The van der Waals surface area contributed by atoms with Crippen LogP contribution in [0.5, 0.6) is 0 Å². The van der Waals surface area contributed by atoms with E-state index in [0.717, 1.165) is 36.8 Å². The van der Waals surface area contributed by atoms with Crippen LogP contribution in [0.15, 0.2) is 60.7 Å². The predicted octanol–water partition coefficient (Wildman–Crippen LogP) is 3.16. The predicted molar refractivity (Wildman–Crippen MR) is 165 cm³/mol. The van der Waals surface area contributed by atoms with Crippen molar-refractivity contribution in [2.75, 3.05) is 20.1 Å². The van der Waals surface area contributed by atoms with E-state index in [1.807, 2.05) is 60.7 Å². The number of hydrogen-bond donors (Lipinski definition) is 3. The minimum Gasteiger partial charge on any atom is -0.343 e. The largest absolute Gasteiger partial charge is 0.343 e. The van der Waals surface area contributed by atoms with Gasteiger partial charge in [0.25, 0.3) is 0 Å². The van der Waals surface area contributed by atoms with Crippen molar-refractivity contribution in [3.63, 3.8) is 0 Å². The Labute approximate surface area is 254 Å². The zero-order valence-electron chi connectivity index (χ0n) is 25.3. The van der Waals surface area contributed by atoms with Gasteiger partial charge >= 0.3 is 0 Å². The number of carbonyl (C=O) groups is 4. The summed E-state index contributed by atoms with van der Waals surface area (Å²) in [5, 5.41) is 9.07. The Morgan fingerprint density at radius 3 is 2.12 bits per heavy atom. The summed E-state index contributed by atoms with van der Waals surface area (Å²) in [4.78, 5) is 58.1. The molecule has 1 aliphatic carbocycles. The molecule has 0 bridgehead atoms. The number of nitrogens with one attached hydrogen (secondary N) is 3. The van der Waals surface area contributed by atoms with Crippen molar-refractivity contribution in [1.82, 2.24) is 25.8 Å². The molecule has 230 valence electrons. The number of likely N-dealkylation sites (N-methyl/N-ethyl adjacent to an activating group) is 1. The van der Waals surface area contributed by atoms with Crippen LogP contribution in [0.1, 0.15) is 75.5 Å². The van der Waals surface area contributed by atoms with E-state index in [1.54, 1.807) is 23.8 Å². The van der Waals surface area contributed by atoms with E-state index >= 15 is 0 Å². The summed E-state index contributed by atoms with van der Waals surface area (Å²) in [7, 11) is 1.69. The van der Waals surface area contributed by atoms with Gasteiger partial charge in [0.15, 0.2) is 0 Å². The van der Waals surface area contributed by atoms with Crippen molar-refractivity contribution in [2.24, 2.45) is 5.92 Å². The van der Waals surface area contributed by atoms with Crippen LogP contribution in [0.4, 0.5) is 0 Å². The zero-order valence-corrected chi connectivity index (χ0v) is 25.3. The fourth-order valence-electron chi connectivity index (χ4n) is 6.87. The molecule has 43 heavy (non-hydrogen) atoms. The fourth-order valence-corrected chi connectivity index (χ4v) is 6.87. The minimum absolute atomic E-state index is 0.0508. The van der Waals surface area contributed by atoms with E-state index in [-0.39, 0.29) is 42.3 Å². The molecule has 0 spiro atoms. The summed E-state index contributed by atoms with van der Waals surface area (Å²) in [6.45, 7) is 2.34. The number of amides is 4. The van der Waals surface area contributed by atoms with Crippen LogP contribution in [0.2, 0.25) is 0 Å². The Hall–Kier alpha value is -3.72. The number of benzene rings is 2. The van der Waals surface area contributed by atoms with Gasteiger partial charge in [0.05, 0.1) is 12.1 Å². The smallest absolute Gasteiger partial charge is 0.247 e. The molecule has 4 amide bonds. The standard InChI is InChI=1S/C34H45N5O4/c1-23(35-2)32(41)36-28-22-38(30(40)21-24-11-9-10-12-24)20-19-27-17-18-29(39(27)34(28)43)33(42)37-31(25-13-5-3-6-14-25)26-15-7-4-8-16-26/h3-8,13-16,23-24,27-29,31,35H,9-12,17-22H2,1-2H3,(H,36,41)(H,37,42)/t23-,27+,28-,29-/m0/s1. The van der Waals surface area contributed by atoms with E-state index in [0.29, 0.717) is 38.1 Å². The Morgan fingerprint density at radius 1 is 0.884 bits per heavy atom. The van der Waals surface area contributed by atoms with Gasteiger partial charge in [0.1, 0.15) is 12.1 Å². The third kappa shape index (κ3) is 7.26. The Kier molecular flexibility index (Phi) is 10.1. The minimum atomic E-state index is -0.925. The van der Waals surface area contributed by atoms with Crippen molar-refractivity contribution in [2.45, 2.75) is 88.5 Å². The van der Waals surface area contributed by atoms with E-state index < -0.39 is 18.1 Å². The molecular formula is C34H45N5O4. The quantitative estimate of drug-likeness (QED) is 0.418. The number of hydrogen-bond acceptors (Lipinski definition) is 5. The second-order valence-corrected chi connectivity index (χ2v) is 12.3. The van der Waals surface area contributed by atoms with Gasteiger partial charge in [0.2, 0.25) is 23.6 Å². The van der Waals surface area contributed by atoms with Crippen LogP contribution in [0.25, 0.3) is 0 Å². The first-order valence-electron chi connectivity index (χ1n) is 15.8. The zero-order chi connectivity index (χ0) is 30.3. The van der Waals surface area contributed by atoms with Gasteiger partial charge in [-0.05, 0) is 63.1 Å². The maximum Gasteiger partial charge on any atom is 0.247 e. The molecular weight excluding hydrogens is 542 g/mol. The van der Waals surface area contributed by atoms with Gasteiger partial charge in [-0.15, -0.1) is 0 Å². The van der Waals surface area contributed by atoms with Gasteiger partial charge < -0.3 is 25.8 Å². The number of carbonyl (C=O) groups excluding carboxylic acids is 4. The van der Waals surface area contributed by atoms with E-state index in [4.69, 9.17) is 0 Å². The number of rotatable bonds is 9. The first kappa shape index (κ1) is 30.7. The second-order valence-electron chi connectivity index (χ2n) is 12.3. The summed E-state index contributed by atoms with van der Waals surface area (Å²) in [5.74, 6) is -0.376. The summed E-state index contributed by atoms with van der Waals surface area (Å²) in [5.41, 5.74) is 1.91. The van der Waals surface area contributed by atoms with Gasteiger partial charge in [-0.25, -0.2) is 0 Å². The first-order valence-corrected chi connectivity index (χ1v) is 15.8. The average Bonchev–Trinajstić information content (AvgIpc) is 3.70. The highest BCUT2D eigenvalue weighted by molar-refractivity contribution is 5.94. The maximum absolute atomic E-state index is 14.3. The molecule has 2 saturated heterocycles. The van der Waals surface area contributed by atoms with Gasteiger partial charge in [-0.3, -0.25) is 19.2 Å². The molecule has 0 radical (unpaired) electrons. The lowest BCUT2D eigenvalue weighted by Gasteiger charge is -2.39. The molecule has 1 saturated carbocycles. The summed E-state index contributed by atoms with van der Waals surface area (Å²) < 4.78 is 0. The lowest BCUT2D eigenvalue weighted by Crippen LogP contribution is -2.62. The summed E-state index contributed by atoms with van der Waals surface area (Å²) >= 11 is 0. The van der Waals surface area contributed by atoms with Gasteiger partial charge in [0, 0.05) is 25.6 Å². The van der Waals surface area contributed by atoms with Gasteiger partial charge in [-0.1, -0.05) is 73.5 Å². The van der Waals surface area contributed by atoms with Gasteiger partial charge in [-0.2, -0.15) is 0 Å². The van der Waals surface area contributed by atoms with E-state index in [1.165, 1.54) is 0 Å². The SMILES string of the molecule is CN[C@@H](C)C(=O)N[C@H]1CN(C(=O)CC2CCCC2)CC[C@H]2CC[C@@H](C(=O)NC(c3ccccc3)c3ccccc3)N2C1=O. The molecule has 3 fully saturated rings. The summed E-state index contributed by atoms with van der Waals surface area (Å²) in [6, 6.07) is 17.0. The molecule has 5 rings (SSSR count). The van der Waals surface area contributed by atoms with Crippen LogP contribution >= 0.6 is 0 Å². The lowest BCUT2D eigenvalue weighted by atomic mass is 9.98. The Balaban J connectivity index is 1.37. The maximum atomic E-state index is 14.3. The average molecular weight is 588 g/mol. The highest BCUT2D eigenvalue weighted by Gasteiger charge is 2.46. The van der Waals surface area contributed by atoms with E-state index in [2.05, 4.69) is 16.0 Å². The van der Waals surface area contributed by atoms with Crippen LogP contribution < -0.4 is 16.0 Å². The number of nitrogens with zero attached hydrogens (tertiary/aromatic N) is 2. The second kappa shape index (κ2) is 14.2. The molecule has 3 N–H and O–H groups in total. The molecule has 0 aromatic heterocycles. The Morgan fingerprint density at radius 2 is 1.51 bits per heavy atom. The topological polar surface area (TPSA) is 111 Å². The van der Waals surface area contributed by atoms with Crippen molar-refractivity contribution in [3.05, 3.63) is 71.8 Å². The molecule has 9 heteroatoms. The number of fused-ring (bicyclic) bond motifs is 1. The normalized spacial score (nSPS) is 23.4. The molecule has 2 aromatic rings. The highest BCUT2D eigenvalue weighted by Crippen LogP contribution is 2.32. The first-order chi connectivity index (χ1) is 20.9. The molecule has 2 aliphatic heterocycles.